The van der Waals surface area contributed by atoms with E-state index >= 15 is 0 Å². The lowest BCUT2D eigenvalue weighted by atomic mass is 10.1. The molecule has 0 radical (unpaired) electrons. The van der Waals surface area contributed by atoms with Crippen LogP contribution in [0.3, 0.4) is 0 Å². The molecule has 138 valence electrons. The van der Waals surface area contributed by atoms with Gasteiger partial charge in [0.15, 0.2) is 0 Å². The summed E-state index contributed by atoms with van der Waals surface area (Å²) < 4.78 is 1.96. The Bertz CT molecular complexity index is 767. The van der Waals surface area contributed by atoms with Gasteiger partial charge in [-0.2, -0.15) is 5.10 Å². The van der Waals surface area contributed by atoms with E-state index in [1.807, 2.05) is 34.1 Å². The molecule has 4 rings (SSSR count). The highest BCUT2D eigenvalue weighted by atomic mass is 16.2. The number of nitrogens with zero attached hydrogens (tertiary/aromatic N) is 5. The third-order valence-corrected chi connectivity index (χ3v) is 5.33. The average Bonchev–Trinajstić information content (AvgIpc) is 3.45. The molecule has 0 aromatic carbocycles. The van der Waals surface area contributed by atoms with Crippen molar-refractivity contribution in [2.45, 2.75) is 45.2 Å². The summed E-state index contributed by atoms with van der Waals surface area (Å²) in [5.74, 6) is 0.648. The molecule has 26 heavy (non-hydrogen) atoms. The molecular formula is C20H27N5O. The Labute approximate surface area is 154 Å². The van der Waals surface area contributed by atoms with Gasteiger partial charge in [0.25, 0.3) is 5.91 Å². The largest absolute Gasteiger partial charge is 0.337 e. The molecule has 0 N–H and O–H groups in total. The average molecular weight is 353 g/mol. The van der Waals surface area contributed by atoms with Crippen molar-refractivity contribution in [1.29, 1.82) is 0 Å². The lowest BCUT2D eigenvalue weighted by Crippen LogP contribution is -2.35. The van der Waals surface area contributed by atoms with Crippen molar-refractivity contribution in [3.63, 3.8) is 0 Å². The van der Waals surface area contributed by atoms with Crippen LogP contribution in [0.25, 0.3) is 0 Å². The maximum absolute atomic E-state index is 13.1. The van der Waals surface area contributed by atoms with Crippen LogP contribution in [0.15, 0.2) is 30.7 Å². The Kier molecular flexibility index (Phi) is 5.02. The van der Waals surface area contributed by atoms with Crippen LogP contribution in [-0.2, 0) is 13.1 Å². The van der Waals surface area contributed by atoms with Crippen molar-refractivity contribution in [3.05, 3.63) is 47.5 Å². The van der Waals surface area contributed by atoms with Gasteiger partial charge in [-0.3, -0.25) is 19.4 Å². The van der Waals surface area contributed by atoms with Crippen LogP contribution in [0, 0.1) is 0 Å². The van der Waals surface area contributed by atoms with Gasteiger partial charge < -0.3 is 4.90 Å². The van der Waals surface area contributed by atoms with Crippen LogP contribution in [0.4, 0.5) is 0 Å². The molecule has 1 amide bonds. The maximum Gasteiger partial charge on any atom is 0.255 e. The van der Waals surface area contributed by atoms with Gasteiger partial charge in [0, 0.05) is 63.1 Å². The number of hydrogen-bond donors (Lipinski definition) is 0. The first-order chi connectivity index (χ1) is 12.7. The van der Waals surface area contributed by atoms with E-state index in [9.17, 15) is 4.79 Å². The summed E-state index contributed by atoms with van der Waals surface area (Å²) in [6.07, 6.45) is 9.21. The highest BCUT2D eigenvalue weighted by Crippen LogP contribution is 2.40. The van der Waals surface area contributed by atoms with Gasteiger partial charge in [-0.15, -0.1) is 0 Å². The Morgan fingerprint density at radius 2 is 2.12 bits per heavy atom. The zero-order valence-electron chi connectivity index (χ0n) is 15.5. The van der Waals surface area contributed by atoms with Crippen LogP contribution in [0.1, 0.15) is 53.7 Å². The quantitative estimate of drug-likeness (QED) is 0.829. The van der Waals surface area contributed by atoms with Crippen LogP contribution < -0.4 is 0 Å². The molecule has 1 aliphatic carbocycles. The fourth-order valence-corrected chi connectivity index (χ4v) is 3.70. The Hall–Kier alpha value is -2.21. The number of aromatic nitrogens is 3. The minimum Gasteiger partial charge on any atom is -0.337 e. The van der Waals surface area contributed by atoms with Crippen molar-refractivity contribution in [2.75, 3.05) is 26.2 Å². The van der Waals surface area contributed by atoms with Crippen LogP contribution in [0.2, 0.25) is 0 Å². The minimum atomic E-state index is 0.153. The number of amides is 1. The molecule has 0 atom stereocenters. The fourth-order valence-electron chi connectivity index (χ4n) is 3.70. The minimum absolute atomic E-state index is 0.153. The standard InChI is InChI=1S/C20H27N5O/c1-2-25-15-16(13-22-25)14-23-9-4-10-24(12-11-23)20(26)18-5-3-8-21-19(18)17-6-7-17/h3,5,8,13,15,17H,2,4,6-7,9-12,14H2,1H3. The smallest absolute Gasteiger partial charge is 0.255 e. The molecule has 2 aliphatic rings. The van der Waals surface area contributed by atoms with Crippen molar-refractivity contribution in [1.82, 2.24) is 24.6 Å². The van der Waals surface area contributed by atoms with Crippen LogP contribution in [0.5, 0.6) is 0 Å². The summed E-state index contributed by atoms with van der Waals surface area (Å²) in [5.41, 5.74) is 3.06. The lowest BCUT2D eigenvalue weighted by Gasteiger charge is -2.22. The van der Waals surface area contributed by atoms with E-state index in [0.29, 0.717) is 5.92 Å². The van der Waals surface area contributed by atoms with E-state index in [-0.39, 0.29) is 5.91 Å². The van der Waals surface area contributed by atoms with Gasteiger partial charge in [-0.25, -0.2) is 0 Å². The first-order valence-corrected chi connectivity index (χ1v) is 9.72. The van der Waals surface area contributed by atoms with E-state index in [1.165, 1.54) is 5.56 Å². The predicted octanol–water partition coefficient (Wildman–Crippen LogP) is 2.52. The third kappa shape index (κ3) is 3.80. The topological polar surface area (TPSA) is 54.3 Å². The molecule has 6 heteroatoms. The summed E-state index contributed by atoms with van der Waals surface area (Å²) in [6.45, 7) is 7.42. The number of carbonyl (C=O) groups excluding carboxylic acids is 1. The van der Waals surface area contributed by atoms with E-state index in [2.05, 4.69) is 28.1 Å². The molecule has 0 bridgehead atoms. The summed E-state index contributed by atoms with van der Waals surface area (Å²) in [6, 6.07) is 3.83. The Balaban J connectivity index is 1.39. The number of aryl methyl sites for hydroxylation is 1. The fraction of sp³-hybridized carbons (Fsp3) is 0.550. The molecule has 1 saturated heterocycles. The molecule has 1 saturated carbocycles. The SMILES string of the molecule is CCn1cc(CN2CCCN(C(=O)c3cccnc3C3CC3)CC2)cn1. The molecule has 2 aromatic heterocycles. The lowest BCUT2D eigenvalue weighted by molar-refractivity contribution is 0.0759. The second-order valence-corrected chi connectivity index (χ2v) is 7.34. The van der Waals surface area contributed by atoms with E-state index in [1.54, 1.807) is 0 Å². The number of pyridine rings is 1. The molecule has 0 unspecified atom stereocenters. The van der Waals surface area contributed by atoms with Crippen molar-refractivity contribution < 1.29 is 4.79 Å². The molecule has 3 heterocycles. The molecule has 6 nitrogen and oxygen atoms in total. The van der Waals surface area contributed by atoms with Gasteiger partial charge in [0.05, 0.1) is 17.5 Å². The van der Waals surface area contributed by atoms with Gasteiger partial charge in [0.1, 0.15) is 0 Å². The second kappa shape index (κ2) is 7.58. The molecule has 2 fully saturated rings. The Morgan fingerprint density at radius 3 is 2.88 bits per heavy atom. The van der Waals surface area contributed by atoms with Gasteiger partial charge in [-0.1, -0.05) is 0 Å². The number of rotatable bonds is 5. The van der Waals surface area contributed by atoms with Crippen molar-refractivity contribution >= 4 is 5.91 Å². The summed E-state index contributed by atoms with van der Waals surface area (Å²) in [7, 11) is 0. The molecule has 2 aromatic rings. The highest BCUT2D eigenvalue weighted by Gasteiger charge is 2.31. The summed E-state index contributed by atoms with van der Waals surface area (Å²) in [5, 5.41) is 4.36. The van der Waals surface area contributed by atoms with Crippen molar-refractivity contribution in [2.24, 2.45) is 0 Å². The normalized spacial score (nSPS) is 18.7. The Morgan fingerprint density at radius 1 is 1.23 bits per heavy atom. The zero-order valence-corrected chi connectivity index (χ0v) is 15.5. The molecule has 0 spiro atoms. The highest BCUT2D eigenvalue weighted by molar-refractivity contribution is 5.95. The molecular weight excluding hydrogens is 326 g/mol. The van der Waals surface area contributed by atoms with E-state index in [0.717, 1.165) is 69.8 Å². The monoisotopic (exact) mass is 353 g/mol. The summed E-state index contributed by atoms with van der Waals surface area (Å²) >= 11 is 0. The van der Waals surface area contributed by atoms with Gasteiger partial charge in [0.2, 0.25) is 0 Å². The number of hydrogen-bond acceptors (Lipinski definition) is 4. The van der Waals surface area contributed by atoms with Gasteiger partial charge in [-0.05, 0) is 38.3 Å². The van der Waals surface area contributed by atoms with Crippen LogP contribution in [-0.4, -0.2) is 56.7 Å². The van der Waals surface area contributed by atoms with E-state index < -0.39 is 0 Å². The predicted molar refractivity (Wildman–Crippen MR) is 99.9 cm³/mol. The molecule has 1 aliphatic heterocycles. The first kappa shape index (κ1) is 17.2. The summed E-state index contributed by atoms with van der Waals surface area (Å²) in [4.78, 5) is 22.0. The number of carbonyl (C=O) groups is 1. The van der Waals surface area contributed by atoms with Crippen LogP contribution >= 0.6 is 0 Å². The first-order valence-electron chi connectivity index (χ1n) is 9.72. The zero-order chi connectivity index (χ0) is 17.9. The maximum atomic E-state index is 13.1. The van der Waals surface area contributed by atoms with Gasteiger partial charge >= 0.3 is 0 Å². The second-order valence-electron chi connectivity index (χ2n) is 7.34. The third-order valence-electron chi connectivity index (χ3n) is 5.33. The van der Waals surface area contributed by atoms with E-state index in [4.69, 9.17) is 0 Å². The van der Waals surface area contributed by atoms with Crippen molar-refractivity contribution in [3.8, 4) is 0 Å².